The highest BCUT2D eigenvalue weighted by atomic mass is 16.1. The van der Waals surface area contributed by atoms with Crippen molar-refractivity contribution in [3.8, 4) is 0 Å². The van der Waals surface area contributed by atoms with Gasteiger partial charge in [0.2, 0.25) is 0 Å². The molecule has 1 saturated heterocycles. The molecule has 2 aliphatic carbocycles. The predicted octanol–water partition coefficient (Wildman–Crippen LogP) is 3.16. The second-order valence-electron chi connectivity index (χ2n) is 6.79. The minimum atomic E-state index is 0.350. The van der Waals surface area contributed by atoms with E-state index >= 15 is 0 Å². The molecule has 102 valence electrons. The number of rotatable bonds is 3. The SMILES string of the molecule is CCCC1CCC(=O)C(C2NCC3CCCC32)C1. The fraction of sp³-hybridized carbons (Fsp3) is 0.938. The summed E-state index contributed by atoms with van der Waals surface area (Å²) in [6, 6.07) is 0.532. The highest BCUT2D eigenvalue weighted by Gasteiger charge is 2.45. The second kappa shape index (κ2) is 5.32. The lowest BCUT2D eigenvalue weighted by molar-refractivity contribution is -0.127. The normalized spacial score (nSPS) is 44.3. The number of hydrogen-bond donors (Lipinski definition) is 1. The molecule has 0 amide bonds. The molecule has 3 fully saturated rings. The zero-order valence-corrected chi connectivity index (χ0v) is 11.7. The maximum Gasteiger partial charge on any atom is 0.137 e. The number of hydrogen-bond acceptors (Lipinski definition) is 2. The summed E-state index contributed by atoms with van der Waals surface area (Å²) < 4.78 is 0. The van der Waals surface area contributed by atoms with Crippen molar-refractivity contribution in [3.05, 3.63) is 0 Å². The number of fused-ring (bicyclic) bond motifs is 1. The first-order valence-electron chi connectivity index (χ1n) is 8.05. The van der Waals surface area contributed by atoms with Crippen LogP contribution in [0.1, 0.15) is 58.3 Å². The monoisotopic (exact) mass is 249 g/mol. The highest BCUT2D eigenvalue weighted by Crippen LogP contribution is 2.43. The van der Waals surface area contributed by atoms with Gasteiger partial charge in [-0.05, 0) is 50.0 Å². The highest BCUT2D eigenvalue weighted by molar-refractivity contribution is 5.82. The molecule has 3 aliphatic rings. The van der Waals surface area contributed by atoms with E-state index in [0.29, 0.717) is 17.7 Å². The second-order valence-corrected chi connectivity index (χ2v) is 6.79. The van der Waals surface area contributed by atoms with Crippen LogP contribution in [0.3, 0.4) is 0 Å². The average Bonchev–Trinajstić information content (AvgIpc) is 2.94. The average molecular weight is 249 g/mol. The number of nitrogens with one attached hydrogen (secondary N) is 1. The predicted molar refractivity (Wildman–Crippen MR) is 73.4 cm³/mol. The van der Waals surface area contributed by atoms with E-state index in [4.69, 9.17) is 0 Å². The van der Waals surface area contributed by atoms with Crippen molar-refractivity contribution < 1.29 is 4.79 Å². The minimum Gasteiger partial charge on any atom is -0.313 e. The van der Waals surface area contributed by atoms with E-state index in [1.165, 1.54) is 45.1 Å². The third kappa shape index (κ3) is 2.24. The fourth-order valence-electron chi connectivity index (χ4n) is 4.83. The molecule has 0 aromatic carbocycles. The maximum atomic E-state index is 12.3. The third-order valence-electron chi connectivity index (χ3n) is 5.73. The molecule has 3 rings (SSSR count). The van der Waals surface area contributed by atoms with Gasteiger partial charge in [0.05, 0.1) is 0 Å². The van der Waals surface area contributed by atoms with Crippen LogP contribution in [0, 0.1) is 23.7 Å². The zero-order valence-electron chi connectivity index (χ0n) is 11.7. The van der Waals surface area contributed by atoms with Crippen LogP contribution in [0.5, 0.6) is 0 Å². The Kier molecular flexibility index (Phi) is 3.74. The van der Waals surface area contributed by atoms with Gasteiger partial charge in [-0.3, -0.25) is 4.79 Å². The van der Waals surface area contributed by atoms with Crippen LogP contribution in [0.4, 0.5) is 0 Å². The molecule has 1 N–H and O–H groups in total. The first kappa shape index (κ1) is 12.7. The van der Waals surface area contributed by atoms with Gasteiger partial charge >= 0.3 is 0 Å². The van der Waals surface area contributed by atoms with Gasteiger partial charge in [-0.2, -0.15) is 0 Å². The lowest BCUT2D eigenvalue weighted by Crippen LogP contribution is -2.42. The first-order chi connectivity index (χ1) is 8.79. The summed E-state index contributed by atoms with van der Waals surface area (Å²) in [4.78, 5) is 12.3. The van der Waals surface area contributed by atoms with Crippen molar-refractivity contribution in [1.82, 2.24) is 5.32 Å². The summed E-state index contributed by atoms with van der Waals surface area (Å²) in [7, 11) is 0. The Bertz CT molecular complexity index is 314. The fourth-order valence-corrected chi connectivity index (χ4v) is 4.83. The number of carbonyl (C=O) groups is 1. The van der Waals surface area contributed by atoms with E-state index in [-0.39, 0.29) is 0 Å². The summed E-state index contributed by atoms with van der Waals surface area (Å²) in [5, 5.41) is 3.70. The summed E-state index contributed by atoms with van der Waals surface area (Å²) in [6.07, 6.45) is 9.94. The number of ketones is 1. The summed E-state index contributed by atoms with van der Waals surface area (Å²) >= 11 is 0. The van der Waals surface area contributed by atoms with Gasteiger partial charge in [0.15, 0.2) is 0 Å². The molecule has 0 radical (unpaired) electrons. The first-order valence-corrected chi connectivity index (χ1v) is 8.05. The lowest BCUT2D eigenvalue weighted by atomic mass is 9.72. The van der Waals surface area contributed by atoms with Gasteiger partial charge < -0.3 is 5.32 Å². The van der Waals surface area contributed by atoms with Crippen LogP contribution in [-0.4, -0.2) is 18.4 Å². The molecule has 2 saturated carbocycles. The molecule has 1 aliphatic heterocycles. The topological polar surface area (TPSA) is 29.1 Å². The van der Waals surface area contributed by atoms with E-state index in [2.05, 4.69) is 12.2 Å². The molecule has 0 aromatic heterocycles. The van der Waals surface area contributed by atoms with Crippen molar-refractivity contribution in [2.75, 3.05) is 6.54 Å². The van der Waals surface area contributed by atoms with Crippen LogP contribution in [0.15, 0.2) is 0 Å². The quantitative estimate of drug-likeness (QED) is 0.832. The molecule has 5 atom stereocenters. The van der Waals surface area contributed by atoms with Gasteiger partial charge in [-0.1, -0.05) is 26.2 Å². The molecular weight excluding hydrogens is 222 g/mol. The van der Waals surface area contributed by atoms with E-state index in [1.807, 2.05) is 0 Å². The van der Waals surface area contributed by atoms with Gasteiger partial charge in [0, 0.05) is 18.4 Å². The van der Waals surface area contributed by atoms with E-state index in [1.54, 1.807) is 0 Å². The van der Waals surface area contributed by atoms with Gasteiger partial charge in [0.1, 0.15) is 5.78 Å². The molecule has 0 bridgehead atoms. The van der Waals surface area contributed by atoms with Gasteiger partial charge in [0.25, 0.3) is 0 Å². The van der Waals surface area contributed by atoms with Crippen LogP contribution >= 0.6 is 0 Å². The molecule has 5 unspecified atom stereocenters. The van der Waals surface area contributed by atoms with Crippen molar-refractivity contribution in [2.45, 2.75) is 64.3 Å². The largest absolute Gasteiger partial charge is 0.313 e. The Morgan fingerprint density at radius 2 is 2.17 bits per heavy atom. The Hall–Kier alpha value is -0.370. The third-order valence-corrected chi connectivity index (χ3v) is 5.73. The maximum absolute atomic E-state index is 12.3. The van der Waals surface area contributed by atoms with Crippen molar-refractivity contribution in [2.24, 2.45) is 23.7 Å². The van der Waals surface area contributed by atoms with E-state index in [0.717, 1.165) is 30.6 Å². The smallest absolute Gasteiger partial charge is 0.137 e. The Labute approximate surface area is 111 Å². The van der Waals surface area contributed by atoms with Crippen molar-refractivity contribution in [1.29, 1.82) is 0 Å². The summed E-state index contributed by atoms with van der Waals surface area (Å²) in [6.45, 7) is 3.45. The summed E-state index contributed by atoms with van der Waals surface area (Å²) in [5.41, 5.74) is 0. The number of carbonyl (C=O) groups excluding carboxylic acids is 1. The Balaban J connectivity index is 1.67. The standard InChI is InChI=1S/C16H27NO/c1-2-4-11-7-8-15(18)14(9-11)16-13-6-3-5-12(13)10-17-16/h11-14,16-17H,2-10H2,1H3. The zero-order chi connectivity index (χ0) is 12.5. The molecule has 0 aromatic rings. The van der Waals surface area contributed by atoms with Crippen molar-refractivity contribution >= 4 is 5.78 Å². The Morgan fingerprint density at radius 1 is 1.28 bits per heavy atom. The van der Waals surface area contributed by atoms with Crippen LogP contribution in [0.25, 0.3) is 0 Å². The van der Waals surface area contributed by atoms with Crippen LogP contribution in [-0.2, 0) is 4.79 Å². The van der Waals surface area contributed by atoms with E-state index < -0.39 is 0 Å². The molecule has 0 spiro atoms. The van der Waals surface area contributed by atoms with Gasteiger partial charge in [-0.25, -0.2) is 0 Å². The molecule has 2 nitrogen and oxygen atoms in total. The lowest BCUT2D eigenvalue weighted by Gasteiger charge is -2.34. The molecule has 1 heterocycles. The Morgan fingerprint density at radius 3 is 3.00 bits per heavy atom. The molecular formula is C16H27NO. The molecule has 2 heteroatoms. The van der Waals surface area contributed by atoms with E-state index in [9.17, 15) is 4.79 Å². The number of Topliss-reactive ketones (excluding diaryl/α,β-unsaturated/α-hetero) is 1. The summed E-state index contributed by atoms with van der Waals surface area (Å²) in [5.74, 6) is 3.43. The van der Waals surface area contributed by atoms with Gasteiger partial charge in [-0.15, -0.1) is 0 Å². The van der Waals surface area contributed by atoms with Crippen LogP contribution < -0.4 is 5.32 Å². The minimum absolute atomic E-state index is 0.350. The van der Waals surface area contributed by atoms with Crippen LogP contribution in [0.2, 0.25) is 0 Å². The molecule has 18 heavy (non-hydrogen) atoms. The van der Waals surface area contributed by atoms with Crippen molar-refractivity contribution in [3.63, 3.8) is 0 Å².